The number of rotatable bonds is 3. The van der Waals surface area contributed by atoms with Crippen molar-refractivity contribution < 1.29 is 19.0 Å². The molecule has 0 aromatic heterocycles. The highest BCUT2D eigenvalue weighted by Gasteiger charge is 2.19. The van der Waals surface area contributed by atoms with E-state index in [1.807, 2.05) is 39.0 Å². The Morgan fingerprint density at radius 1 is 1.10 bits per heavy atom. The normalized spacial score (nSPS) is 11.2. The summed E-state index contributed by atoms with van der Waals surface area (Å²) in [5.41, 5.74) is 0.698. The van der Waals surface area contributed by atoms with Gasteiger partial charge in [0.05, 0.1) is 5.56 Å². The smallest absolute Gasteiger partial charge is 0.335 e. The van der Waals surface area contributed by atoms with Crippen molar-refractivity contribution in [1.29, 1.82) is 0 Å². The van der Waals surface area contributed by atoms with Crippen LogP contribution in [0.25, 0.3) is 0 Å². The van der Waals surface area contributed by atoms with Gasteiger partial charge in [0, 0.05) is 5.56 Å². The number of carboxylic acid groups (broad SMARTS) is 1. The number of hydrogen-bond acceptors (Lipinski definition) is 2. The van der Waals surface area contributed by atoms with E-state index in [9.17, 15) is 9.18 Å². The van der Waals surface area contributed by atoms with Gasteiger partial charge in [-0.3, -0.25) is 0 Å². The van der Waals surface area contributed by atoms with Gasteiger partial charge in [-0.05, 0) is 29.7 Å². The van der Waals surface area contributed by atoms with Crippen molar-refractivity contribution in [3.05, 3.63) is 59.4 Å². The first kappa shape index (κ1) is 15.0. The van der Waals surface area contributed by atoms with Gasteiger partial charge in [-0.25, -0.2) is 9.18 Å². The lowest BCUT2D eigenvalue weighted by Gasteiger charge is -2.22. The van der Waals surface area contributed by atoms with Crippen LogP contribution in [0.15, 0.2) is 42.5 Å². The van der Waals surface area contributed by atoms with E-state index in [4.69, 9.17) is 9.84 Å². The molecule has 1 N–H and O–H groups in total. The molecule has 2 rings (SSSR count). The maximum absolute atomic E-state index is 13.9. The van der Waals surface area contributed by atoms with Gasteiger partial charge in [0.1, 0.15) is 5.75 Å². The average Bonchev–Trinajstić information content (AvgIpc) is 2.40. The molecule has 0 fully saturated rings. The number of carbonyl (C=O) groups is 1. The van der Waals surface area contributed by atoms with Crippen LogP contribution in [0, 0.1) is 5.82 Å². The molecule has 0 amide bonds. The molecule has 0 aliphatic heterocycles. The fraction of sp³-hybridized carbons (Fsp3) is 0.235. The minimum absolute atomic E-state index is 0.0108. The van der Waals surface area contributed by atoms with Crippen LogP contribution in [0.4, 0.5) is 4.39 Å². The molecule has 0 bridgehead atoms. The Morgan fingerprint density at radius 3 is 2.33 bits per heavy atom. The highest BCUT2D eigenvalue weighted by molar-refractivity contribution is 5.87. The van der Waals surface area contributed by atoms with Gasteiger partial charge in [0.15, 0.2) is 11.6 Å². The summed E-state index contributed by atoms with van der Waals surface area (Å²) >= 11 is 0. The molecule has 0 saturated carbocycles. The summed E-state index contributed by atoms with van der Waals surface area (Å²) < 4.78 is 19.6. The third kappa shape index (κ3) is 3.40. The van der Waals surface area contributed by atoms with Crippen LogP contribution >= 0.6 is 0 Å². The molecular formula is C17H17FO3. The van der Waals surface area contributed by atoms with Gasteiger partial charge in [-0.1, -0.05) is 39.0 Å². The lowest BCUT2D eigenvalue weighted by atomic mass is 9.86. The maximum atomic E-state index is 13.9. The Labute approximate surface area is 123 Å². The minimum Gasteiger partial charge on any atom is -0.478 e. The zero-order valence-corrected chi connectivity index (χ0v) is 12.2. The molecule has 2 aromatic carbocycles. The Balaban J connectivity index is 2.38. The lowest BCUT2D eigenvalue weighted by Crippen LogP contribution is -2.12. The van der Waals surface area contributed by atoms with Crippen LogP contribution in [-0.4, -0.2) is 11.1 Å². The van der Waals surface area contributed by atoms with Crippen molar-refractivity contribution in [2.24, 2.45) is 0 Å². The molecule has 0 atom stereocenters. The molecule has 0 radical (unpaired) electrons. The summed E-state index contributed by atoms with van der Waals surface area (Å²) in [6, 6.07) is 11.0. The van der Waals surface area contributed by atoms with Crippen LogP contribution in [0.3, 0.4) is 0 Å². The molecule has 3 nitrogen and oxygen atoms in total. The number of hydrogen-bond donors (Lipinski definition) is 1. The molecule has 110 valence electrons. The van der Waals surface area contributed by atoms with E-state index < -0.39 is 11.8 Å². The van der Waals surface area contributed by atoms with E-state index in [2.05, 4.69) is 0 Å². The SMILES string of the molecule is CC(C)(C)c1ccccc1Oc1ccc(C(=O)O)cc1F. The number of benzene rings is 2. The zero-order chi connectivity index (χ0) is 15.6. The number of para-hydroxylation sites is 1. The first-order chi connectivity index (χ1) is 9.79. The molecule has 21 heavy (non-hydrogen) atoms. The van der Waals surface area contributed by atoms with Gasteiger partial charge in [-0.2, -0.15) is 0 Å². The topological polar surface area (TPSA) is 46.5 Å². The number of aromatic carboxylic acids is 1. The van der Waals surface area contributed by atoms with Crippen molar-refractivity contribution in [2.75, 3.05) is 0 Å². The molecule has 0 heterocycles. The highest BCUT2D eigenvalue weighted by Crippen LogP contribution is 2.34. The van der Waals surface area contributed by atoms with Crippen molar-refractivity contribution in [3.8, 4) is 11.5 Å². The van der Waals surface area contributed by atoms with Crippen LogP contribution in [-0.2, 0) is 5.41 Å². The second kappa shape index (κ2) is 5.56. The van der Waals surface area contributed by atoms with Crippen molar-refractivity contribution in [2.45, 2.75) is 26.2 Å². The van der Waals surface area contributed by atoms with Crippen LogP contribution < -0.4 is 4.74 Å². The summed E-state index contributed by atoms with van der Waals surface area (Å²) in [6.45, 7) is 6.12. The summed E-state index contributed by atoms with van der Waals surface area (Å²) in [7, 11) is 0. The van der Waals surface area contributed by atoms with E-state index in [1.165, 1.54) is 12.1 Å². The highest BCUT2D eigenvalue weighted by atomic mass is 19.1. The monoisotopic (exact) mass is 288 g/mol. The first-order valence-corrected chi connectivity index (χ1v) is 6.59. The summed E-state index contributed by atoms with van der Waals surface area (Å²) in [5, 5.41) is 8.83. The molecule has 0 aliphatic carbocycles. The predicted octanol–water partition coefficient (Wildman–Crippen LogP) is 4.61. The third-order valence-corrected chi connectivity index (χ3v) is 3.09. The third-order valence-electron chi connectivity index (χ3n) is 3.09. The van der Waals surface area contributed by atoms with Gasteiger partial charge < -0.3 is 9.84 Å². The Kier molecular flexibility index (Phi) is 3.98. The van der Waals surface area contributed by atoms with Gasteiger partial charge >= 0.3 is 5.97 Å². The van der Waals surface area contributed by atoms with Gasteiger partial charge in [0.2, 0.25) is 0 Å². The van der Waals surface area contributed by atoms with Crippen LogP contribution in [0.2, 0.25) is 0 Å². The number of ether oxygens (including phenoxy) is 1. The molecule has 0 saturated heterocycles. The van der Waals surface area contributed by atoms with Crippen LogP contribution in [0.5, 0.6) is 11.5 Å². The fourth-order valence-electron chi connectivity index (χ4n) is 2.01. The molecule has 0 spiro atoms. The molecule has 0 aliphatic rings. The summed E-state index contributed by atoms with van der Waals surface area (Å²) in [5.74, 6) is -1.29. The molecular weight excluding hydrogens is 271 g/mol. The van der Waals surface area contributed by atoms with E-state index in [0.29, 0.717) is 5.75 Å². The first-order valence-electron chi connectivity index (χ1n) is 6.59. The summed E-state index contributed by atoms with van der Waals surface area (Å²) in [6.07, 6.45) is 0. The van der Waals surface area contributed by atoms with Crippen molar-refractivity contribution >= 4 is 5.97 Å². The quantitative estimate of drug-likeness (QED) is 0.896. The second-order valence-electron chi connectivity index (χ2n) is 5.80. The standard InChI is InChI=1S/C17H17FO3/c1-17(2,3)12-6-4-5-7-14(12)21-15-9-8-11(16(19)20)10-13(15)18/h4-10H,1-3H3,(H,19,20). The zero-order valence-electron chi connectivity index (χ0n) is 12.2. The number of carboxylic acids is 1. The van der Waals surface area contributed by atoms with Crippen molar-refractivity contribution in [1.82, 2.24) is 0 Å². The van der Waals surface area contributed by atoms with E-state index in [-0.39, 0.29) is 16.7 Å². The Morgan fingerprint density at radius 2 is 1.76 bits per heavy atom. The maximum Gasteiger partial charge on any atom is 0.335 e. The van der Waals surface area contributed by atoms with Crippen molar-refractivity contribution in [3.63, 3.8) is 0 Å². The van der Waals surface area contributed by atoms with Gasteiger partial charge in [-0.15, -0.1) is 0 Å². The second-order valence-corrected chi connectivity index (χ2v) is 5.80. The Hall–Kier alpha value is -2.36. The van der Waals surface area contributed by atoms with E-state index in [1.54, 1.807) is 6.07 Å². The van der Waals surface area contributed by atoms with Crippen LogP contribution in [0.1, 0.15) is 36.7 Å². The fourth-order valence-corrected chi connectivity index (χ4v) is 2.01. The average molecular weight is 288 g/mol. The molecule has 2 aromatic rings. The van der Waals surface area contributed by atoms with Gasteiger partial charge in [0.25, 0.3) is 0 Å². The summed E-state index contributed by atoms with van der Waals surface area (Å²) in [4.78, 5) is 10.8. The minimum atomic E-state index is -1.17. The van der Waals surface area contributed by atoms with E-state index >= 15 is 0 Å². The molecule has 4 heteroatoms. The number of halogens is 1. The largest absolute Gasteiger partial charge is 0.478 e. The molecule has 0 unspecified atom stereocenters. The van der Waals surface area contributed by atoms with E-state index in [0.717, 1.165) is 11.6 Å². The predicted molar refractivity (Wildman–Crippen MR) is 78.6 cm³/mol. The Bertz CT molecular complexity index is 672. The lowest BCUT2D eigenvalue weighted by molar-refractivity contribution is 0.0696.